The van der Waals surface area contributed by atoms with Gasteiger partial charge in [0, 0.05) is 25.7 Å². The number of aliphatic imine (C=N–C) groups is 1. The molecule has 130 valence electrons. The fraction of sp³-hybridized carbons (Fsp3) is 0.941. The molecular weight excluding hydrogens is 276 g/mol. The van der Waals surface area contributed by atoms with E-state index in [2.05, 4.69) is 43.2 Å². The topological polar surface area (TPSA) is 48.9 Å². The van der Waals surface area contributed by atoms with Crippen molar-refractivity contribution in [3.05, 3.63) is 0 Å². The van der Waals surface area contributed by atoms with Crippen molar-refractivity contribution in [3.63, 3.8) is 0 Å². The highest BCUT2D eigenvalue weighted by Gasteiger charge is 2.22. The lowest BCUT2D eigenvalue weighted by atomic mass is 10.0. The molecule has 1 heterocycles. The molecule has 1 rings (SSSR count). The van der Waals surface area contributed by atoms with Gasteiger partial charge in [0.25, 0.3) is 0 Å². The summed E-state index contributed by atoms with van der Waals surface area (Å²) in [4.78, 5) is 7.45. The summed E-state index contributed by atoms with van der Waals surface area (Å²) in [5.74, 6) is 1.61. The van der Waals surface area contributed by atoms with Crippen molar-refractivity contribution in [1.29, 1.82) is 0 Å². The molecule has 1 fully saturated rings. The third-order valence-corrected chi connectivity index (χ3v) is 4.00. The van der Waals surface area contributed by atoms with Gasteiger partial charge in [0.15, 0.2) is 5.96 Å². The largest absolute Gasteiger partial charge is 0.383 e. The lowest BCUT2D eigenvalue weighted by molar-refractivity contribution is 0.178. The Kier molecular flexibility index (Phi) is 9.48. The smallest absolute Gasteiger partial charge is 0.191 e. The second-order valence-corrected chi connectivity index (χ2v) is 6.75. The lowest BCUT2D eigenvalue weighted by Crippen LogP contribution is -2.45. The standard InChI is InChI=1S/C17H36N4O/c1-6-18-17(20-15(4)13-22-5)19-12-16(11-14(2)3)21-9-7-8-10-21/h14-16H,6-13H2,1-5H3,(H2,18,19,20). The number of nitrogens with one attached hydrogen (secondary N) is 2. The Labute approximate surface area is 136 Å². The van der Waals surface area contributed by atoms with Crippen LogP contribution in [0.25, 0.3) is 0 Å². The van der Waals surface area contributed by atoms with Crippen molar-refractivity contribution in [2.24, 2.45) is 10.9 Å². The van der Waals surface area contributed by atoms with E-state index < -0.39 is 0 Å². The predicted octanol–water partition coefficient (Wildman–Crippen LogP) is 2.09. The Morgan fingerprint density at radius 3 is 2.45 bits per heavy atom. The van der Waals surface area contributed by atoms with Gasteiger partial charge in [0.05, 0.1) is 13.2 Å². The molecule has 5 heteroatoms. The summed E-state index contributed by atoms with van der Waals surface area (Å²) in [7, 11) is 1.73. The Bertz CT molecular complexity index is 314. The molecule has 2 unspecified atom stereocenters. The molecule has 0 bridgehead atoms. The molecule has 0 spiro atoms. The molecule has 22 heavy (non-hydrogen) atoms. The summed E-state index contributed by atoms with van der Waals surface area (Å²) in [5, 5.41) is 6.75. The van der Waals surface area contributed by atoms with Crippen LogP contribution in [0.15, 0.2) is 4.99 Å². The van der Waals surface area contributed by atoms with Crippen molar-refractivity contribution in [1.82, 2.24) is 15.5 Å². The normalized spacial score (nSPS) is 19.5. The number of hydrogen-bond donors (Lipinski definition) is 2. The molecule has 0 aromatic heterocycles. The average Bonchev–Trinajstić information content (AvgIpc) is 2.97. The van der Waals surface area contributed by atoms with E-state index in [1.807, 2.05) is 0 Å². The van der Waals surface area contributed by atoms with Crippen LogP contribution in [0.2, 0.25) is 0 Å². The van der Waals surface area contributed by atoms with E-state index in [1.54, 1.807) is 7.11 Å². The zero-order valence-corrected chi connectivity index (χ0v) is 15.2. The highest BCUT2D eigenvalue weighted by molar-refractivity contribution is 5.80. The summed E-state index contributed by atoms with van der Waals surface area (Å²) in [5.41, 5.74) is 0. The zero-order chi connectivity index (χ0) is 16.4. The van der Waals surface area contributed by atoms with E-state index >= 15 is 0 Å². The first-order valence-electron chi connectivity index (χ1n) is 8.84. The second-order valence-electron chi connectivity index (χ2n) is 6.75. The first-order valence-corrected chi connectivity index (χ1v) is 8.84. The molecule has 2 N–H and O–H groups in total. The first-order chi connectivity index (χ1) is 10.6. The molecule has 0 aromatic carbocycles. The molecular formula is C17H36N4O. The maximum absolute atomic E-state index is 5.19. The number of nitrogens with zero attached hydrogens (tertiary/aromatic N) is 2. The van der Waals surface area contributed by atoms with E-state index in [1.165, 1.54) is 32.4 Å². The Balaban J connectivity index is 2.61. The summed E-state index contributed by atoms with van der Waals surface area (Å²) in [6.45, 7) is 13.7. The minimum Gasteiger partial charge on any atom is -0.383 e. The highest BCUT2D eigenvalue weighted by Crippen LogP contribution is 2.18. The Morgan fingerprint density at radius 2 is 1.91 bits per heavy atom. The summed E-state index contributed by atoms with van der Waals surface area (Å²) in [6.07, 6.45) is 3.89. The van der Waals surface area contributed by atoms with Crippen LogP contribution in [-0.4, -0.2) is 62.8 Å². The lowest BCUT2D eigenvalue weighted by Gasteiger charge is -2.28. The number of methoxy groups -OCH3 is 1. The van der Waals surface area contributed by atoms with E-state index in [0.29, 0.717) is 18.6 Å². The second kappa shape index (κ2) is 10.8. The van der Waals surface area contributed by atoms with Crippen molar-refractivity contribution in [2.45, 2.75) is 59.0 Å². The van der Waals surface area contributed by atoms with Crippen LogP contribution in [0, 0.1) is 5.92 Å². The average molecular weight is 313 g/mol. The fourth-order valence-corrected chi connectivity index (χ4v) is 3.03. The Morgan fingerprint density at radius 1 is 1.23 bits per heavy atom. The van der Waals surface area contributed by atoms with Crippen LogP contribution in [-0.2, 0) is 4.74 Å². The number of ether oxygens (including phenoxy) is 1. The highest BCUT2D eigenvalue weighted by atomic mass is 16.5. The molecule has 1 aliphatic rings. The van der Waals surface area contributed by atoms with Crippen LogP contribution in [0.5, 0.6) is 0 Å². The minimum atomic E-state index is 0.262. The van der Waals surface area contributed by atoms with Gasteiger partial charge in [-0.3, -0.25) is 9.89 Å². The van der Waals surface area contributed by atoms with E-state index in [4.69, 9.17) is 9.73 Å². The van der Waals surface area contributed by atoms with Crippen molar-refractivity contribution in [3.8, 4) is 0 Å². The van der Waals surface area contributed by atoms with Crippen molar-refractivity contribution >= 4 is 5.96 Å². The van der Waals surface area contributed by atoms with Gasteiger partial charge < -0.3 is 15.4 Å². The number of likely N-dealkylation sites (tertiary alicyclic amines) is 1. The summed E-state index contributed by atoms with van der Waals surface area (Å²) in [6, 6.07) is 0.828. The maximum Gasteiger partial charge on any atom is 0.191 e. The third kappa shape index (κ3) is 7.45. The Hall–Kier alpha value is -0.810. The van der Waals surface area contributed by atoms with E-state index in [0.717, 1.165) is 19.0 Å². The van der Waals surface area contributed by atoms with Gasteiger partial charge in [-0.25, -0.2) is 0 Å². The van der Waals surface area contributed by atoms with Crippen molar-refractivity contribution in [2.75, 3.05) is 39.9 Å². The monoisotopic (exact) mass is 312 g/mol. The number of rotatable bonds is 9. The molecule has 2 atom stereocenters. The molecule has 1 saturated heterocycles. The molecule has 0 aliphatic carbocycles. The first kappa shape index (κ1) is 19.2. The van der Waals surface area contributed by atoms with Gasteiger partial charge in [-0.05, 0) is 52.1 Å². The number of hydrogen-bond acceptors (Lipinski definition) is 3. The quantitative estimate of drug-likeness (QED) is 0.505. The van der Waals surface area contributed by atoms with Crippen LogP contribution >= 0.6 is 0 Å². The van der Waals surface area contributed by atoms with Gasteiger partial charge in [-0.2, -0.15) is 0 Å². The van der Waals surface area contributed by atoms with Gasteiger partial charge in [-0.1, -0.05) is 13.8 Å². The molecule has 1 aliphatic heterocycles. The van der Waals surface area contributed by atoms with Crippen LogP contribution in [0.1, 0.15) is 47.0 Å². The van der Waals surface area contributed by atoms with Crippen LogP contribution in [0.3, 0.4) is 0 Å². The van der Waals surface area contributed by atoms with Gasteiger partial charge >= 0.3 is 0 Å². The predicted molar refractivity (Wildman–Crippen MR) is 94.5 cm³/mol. The van der Waals surface area contributed by atoms with E-state index in [-0.39, 0.29) is 6.04 Å². The van der Waals surface area contributed by atoms with Crippen LogP contribution in [0.4, 0.5) is 0 Å². The maximum atomic E-state index is 5.19. The molecule has 0 aromatic rings. The minimum absolute atomic E-state index is 0.262. The molecule has 0 radical (unpaired) electrons. The van der Waals surface area contributed by atoms with Crippen molar-refractivity contribution < 1.29 is 4.74 Å². The number of guanidine groups is 1. The summed E-state index contributed by atoms with van der Waals surface area (Å²) >= 11 is 0. The molecule has 0 saturated carbocycles. The van der Waals surface area contributed by atoms with Gasteiger partial charge in [-0.15, -0.1) is 0 Å². The zero-order valence-electron chi connectivity index (χ0n) is 15.2. The third-order valence-electron chi connectivity index (χ3n) is 4.00. The van der Waals surface area contributed by atoms with E-state index in [9.17, 15) is 0 Å². The summed E-state index contributed by atoms with van der Waals surface area (Å²) < 4.78 is 5.19. The molecule has 0 amide bonds. The SMILES string of the molecule is CCNC(=NCC(CC(C)C)N1CCCC1)NC(C)COC. The van der Waals surface area contributed by atoms with Crippen LogP contribution < -0.4 is 10.6 Å². The van der Waals surface area contributed by atoms with Gasteiger partial charge in [0.1, 0.15) is 0 Å². The fourth-order valence-electron chi connectivity index (χ4n) is 3.03. The molecule has 5 nitrogen and oxygen atoms in total. The van der Waals surface area contributed by atoms with Gasteiger partial charge in [0.2, 0.25) is 0 Å².